The molecule has 0 spiro atoms. The molecule has 0 radical (unpaired) electrons. The normalized spacial score (nSPS) is 18.9. The number of fused-ring (bicyclic) bond motifs is 1. The van der Waals surface area contributed by atoms with Crippen molar-refractivity contribution < 1.29 is 14.4 Å². The van der Waals surface area contributed by atoms with E-state index in [0.29, 0.717) is 44.9 Å². The van der Waals surface area contributed by atoms with Gasteiger partial charge in [0, 0.05) is 89.1 Å². The van der Waals surface area contributed by atoms with Crippen LogP contribution in [0, 0.1) is 12.8 Å². The summed E-state index contributed by atoms with van der Waals surface area (Å²) < 4.78 is 0. The third-order valence-electron chi connectivity index (χ3n) is 8.29. The molecule has 1 fully saturated rings. The highest BCUT2D eigenvalue weighted by Gasteiger charge is 2.26. The minimum atomic E-state index is 0.0225. The van der Waals surface area contributed by atoms with E-state index in [1.54, 1.807) is 13.8 Å². The Labute approximate surface area is 251 Å². The third-order valence-corrected chi connectivity index (χ3v) is 8.29. The van der Waals surface area contributed by atoms with Crippen molar-refractivity contribution in [2.24, 2.45) is 5.92 Å². The SMILES string of the molecule is CC(=O)N1CCCC(c2nc(C)cc(CCC(=O)N3CCN(CC(C)C)CCCN(C(C)=O)c4ccccc4C3)n2)C1. The molecule has 2 aliphatic rings. The summed E-state index contributed by atoms with van der Waals surface area (Å²) in [6.07, 6.45) is 3.67. The van der Waals surface area contributed by atoms with Crippen LogP contribution in [-0.4, -0.2) is 88.2 Å². The fourth-order valence-corrected chi connectivity index (χ4v) is 6.21. The molecule has 9 nitrogen and oxygen atoms in total. The van der Waals surface area contributed by atoms with Crippen LogP contribution in [0.5, 0.6) is 0 Å². The van der Waals surface area contributed by atoms with Crippen molar-refractivity contribution in [3.63, 3.8) is 0 Å². The molecule has 1 unspecified atom stereocenters. The minimum absolute atomic E-state index is 0.0225. The molecule has 42 heavy (non-hydrogen) atoms. The van der Waals surface area contributed by atoms with E-state index in [4.69, 9.17) is 9.97 Å². The first kappa shape index (κ1) is 31.6. The average molecular weight is 577 g/mol. The Balaban J connectivity index is 1.52. The number of hydrogen-bond acceptors (Lipinski definition) is 6. The molecule has 0 saturated carbocycles. The van der Waals surface area contributed by atoms with Crippen LogP contribution >= 0.6 is 0 Å². The first-order chi connectivity index (χ1) is 20.1. The van der Waals surface area contributed by atoms with E-state index < -0.39 is 0 Å². The lowest BCUT2D eigenvalue weighted by Crippen LogP contribution is -2.40. The standard InChI is InChI=1S/C33H48N6O3/c1-24(2)21-36-15-9-17-39(27(5)41)31-12-7-6-10-28(31)22-38(19-18-36)32(42)14-13-30-20-25(3)34-33(35-30)29-11-8-16-37(23-29)26(4)40/h6-7,10,12,20,24,29H,8-9,11,13-19,21-23H2,1-5H3. The van der Waals surface area contributed by atoms with Gasteiger partial charge in [0.05, 0.1) is 0 Å². The summed E-state index contributed by atoms with van der Waals surface area (Å²) in [5.74, 6) is 1.61. The van der Waals surface area contributed by atoms with Crippen LogP contribution in [0.2, 0.25) is 0 Å². The van der Waals surface area contributed by atoms with Crippen LogP contribution in [0.15, 0.2) is 30.3 Å². The Kier molecular flexibility index (Phi) is 11.1. The molecule has 1 atom stereocenters. The second-order valence-corrected chi connectivity index (χ2v) is 12.3. The number of aromatic nitrogens is 2. The molecule has 1 aromatic carbocycles. The average Bonchev–Trinajstić information content (AvgIpc) is 2.98. The monoisotopic (exact) mass is 576 g/mol. The van der Waals surface area contributed by atoms with E-state index in [9.17, 15) is 14.4 Å². The summed E-state index contributed by atoms with van der Waals surface area (Å²) >= 11 is 0. The number of amides is 3. The van der Waals surface area contributed by atoms with Gasteiger partial charge in [-0.05, 0) is 62.8 Å². The highest BCUT2D eigenvalue weighted by atomic mass is 16.2. The summed E-state index contributed by atoms with van der Waals surface area (Å²) in [6.45, 7) is 15.5. The molecule has 3 heterocycles. The van der Waals surface area contributed by atoms with Gasteiger partial charge in [-0.25, -0.2) is 9.97 Å². The van der Waals surface area contributed by atoms with Gasteiger partial charge in [-0.1, -0.05) is 32.0 Å². The number of carbonyl (C=O) groups is 3. The molecular formula is C33H48N6O3. The first-order valence-corrected chi connectivity index (χ1v) is 15.6. The molecule has 2 aliphatic heterocycles. The van der Waals surface area contributed by atoms with Gasteiger partial charge in [-0.3, -0.25) is 14.4 Å². The number of para-hydroxylation sites is 1. The van der Waals surface area contributed by atoms with E-state index in [2.05, 4.69) is 18.7 Å². The maximum atomic E-state index is 13.8. The highest BCUT2D eigenvalue weighted by Crippen LogP contribution is 2.26. The van der Waals surface area contributed by atoms with Gasteiger partial charge in [0.15, 0.2) is 0 Å². The topological polar surface area (TPSA) is 90.0 Å². The van der Waals surface area contributed by atoms with Crippen molar-refractivity contribution in [3.8, 4) is 0 Å². The number of nitrogens with zero attached hydrogens (tertiary/aromatic N) is 6. The molecular weight excluding hydrogens is 528 g/mol. The number of hydrogen-bond donors (Lipinski definition) is 0. The van der Waals surface area contributed by atoms with E-state index in [-0.39, 0.29) is 23.6 Å². The molecule has 1 aromatic heterocycles. The predicted molar refractivity (Wildman–Crippen MR) is 165 cm³/mol. The van der Waals surface area contributed by atoms with E-state index in [1.165, 1.54) is 0 Å². The number of anilines is 1. The van der Waals surface area contributed by atoms with Crippen LogP contribution in [0.4, 0.5) is 5.69 Å². The quantitative estimate of drug-likeness (QED) is 0.513. The summed E-state index contributed by atoms with van der Waals surface area (Å²) in [5, 5.41) is 0. The number of piperidine rings is 1. The molecule has 2 aromatic rings. The lowest BCUT2D eigenvalue weighted by atomic mass is 9.96. The van der Waals surface area contributed by atoms with Crippen LogP contribution in [0.3, 0.4) is 0 Å². The van der Waals surface area contributed by atoms with Crippen LogP contribution in [-0.2, 0) is 27.3 Å². The predicted octanol–water partition coefficient (Wildman–Crippen LogP) is 4.19. The van der Waals surface area contributed by atoms with Crippen LogP contribution in [0.25, 0.3) is 0 Å². The van der Waals surface area contributed by atoms with Gasteiger partial charge in [-0.2, -0.15) is 0 Å². The molecule has 1 saturated heterocycles. The maximum absolute atomic E-state index is 13.8. The number of carbonyl (C=O) groups excluding carboxylic acids is 3. The fourth-order valence-electron chi connectivity index (χ4n) is 6.21. The molecule has 228 valence electrons. The molecule has 4 rings (SSSR count). The largest absolute Gasteiger partial charge is 0.342 e. The van der Waals surface area contributed by atoms with Gasteiger partial charge in [0.1, 0.15) is 5.82 Å². The summed E-state index contributed by atoms with van der Waals surface area (Å²) in [5.41, 5.74) is 3.64. The van der Waals surface area contributed by atoms with Crippen molar-refractivity contribution >= 4 is 23.4 Å². The minimum Gasteiger partial charge on any atom is -0.342 e. The lowest BCUT2D eigenvalue weighted by molar-refractivity contribution is -0.132. The van der Waals surface area contributed by atoms with Gasteiger partial charge < -0.3 is 19.6 Å². The zero-order chi connectivity index (χ0) is 30.2. The zero-order valence-electron chi connectivity index (χ0n) is 26.1. The highest BCUT2D eigenvalue weighted by molar-refractivity contribution is 5.92. The van der Waals surface area contributed by atoms with Crippen molar-refractivity contribution in [1.29, 1.82) is 0 Å². The van der Waals surface area contributed by atoms with E-state index >= 15 is 0 Å². The summed E-state index contributed by atoms with van der Waals surface area (Å²) in [4.78, 5) is 56.1. The van der Waals surface area contributed by atoms with Crippen molar-refractivity contribution in [2.75, 3.05) is 50.7 Å². The van der Waals surface area contributed by atoms with E-state index in [0.717, 1.165) is 73.9 Å². The van der Waals surface area contributed by atoms with Gasteiger partial charge >= 0.3 is 0 Å². The van der Waals surface area contributed by atoms with Crippen molar-refractivity contribution in [3.05, 3.63) is 53.1 Å². The van der Waals surface area contributed by atoms with Gasteiger partial charge in [0.2, 0.25) is 17.7 Å². The van der Waals surface area contributed by atoms with E-state index in [1.807, 2.05) is 52.0 Å². The number of benzene rings is 1. The van der Waals surface area contributed by atoms with Crippen molar-refractivity contribution in [1.82, 2.24) is 24.7 Å². The Morgan fingerprint density at radius 1 is 0.929 bits per heavy atom. The molecule has 0 bridgehead atoms. The van der Waals surface area contributed by atoms with Crippen LogP contribution in [0.1, 0.15) is 82.1 Å². The molecule has 0 N–H and O–H groups in total. The second kappa shape index (κ2) is 14.7. The Morgan fingerprint density at radius 2 is 1.71 bits per heavy atom. The Morgan fingerprint density at radius 3 is 2.45 bits per heavy atom. The van der Waals surface area contributed by atoms with Crippen LogP contribution < -0.4 is 4.90 Å². The first-order valence-electron chi connectivity index (χ1n) is 15.6. The zero-order valence-corrected chi connectivity index (χ0v) is 26.1. The molecule has 9 heteroatoms. The molecule has 0 aliphatic carbocycles. The Bertz CT molecular complexity index is 1250. The summed E-state index contributed by atoms with van der Waals surface area (Å²) in [6, 6.07) is 9.94. The number of likely N-dealkylation sites (tertiary alicyclic amines) is 1. The third kappa shape index (κ3) is 8.60. The fraction of sp³-hybridized carbons (Fsp3) is 0.606. The maximum Gasteiger partial charge on any atom is 0.223 e. The number of rotatable bonds is 6. The Hall–Kier alpha value is -3.33. The summed E-state index contributed by atoms with van der Waals surface area (Å²) in [7, 11) is 0. The van der Waals surface area contributed by atoms with Gasteiger partial charge in [-0.15, -0.1) is 0 Å². The molecule has 3 amide bonds. The van der Waals surface area contributed by atoms with Crippen molar-refractivity contribution in [2.45, 2.75) is 79.2 Å². The lowest BCUT2D eigenvalue weighted by Gasteiger charge is -2.31. The number of aryl methyl sites for hydroxylation is 2. The second-order valence-electron chi connectivity index (χ2n) is 12.3. The smallest absolute Gasteiger partial charge is 0.223 e. The van der Waals surface area contributed by atoms with Gasteiger partial charge in [0.25, 0.3) is 0 Å².